The minimum Gasteiger partial charge on any atom is -0.374 e. The summed E-state index contributed by atoms with van der Waals surface area (Å²) in [6.45, 7) is 2.88. The summed E-state index contributed by atoms with van der Waals surface area (Å²) >= 11 is 1.79. The number of thiophene rings is 1. The summed E-state index contributed by atoms with van der Waals surface area (Å²) in [7, 11) is 4.15. The molecule has 4 heteroatoms. The van der Waals surface area contributed by atoms with E-state index in [1.165, 1.54) is 4.88 Å². The Kier molecular flexibility index (Phi) is 3.75. The number of likely N-dealkylation sites (N-methyl/N-ethyl adjacent to an activating group) is 2. The standard InChI is InChI=1S/C11H18N2OS/c1-12-11(10-4-3-7-15-10)9-8-13(2)5-6-14-9/h3-4,7,9,11-12H,5-6,8H2,1-2H3. The second-order valence-corrected chi connectivity index (χ2v) is 4.93. The van der Waals surface area contributed by atoms with Gasteiger partial charge >= 0.3 is 0 Å². The maximum Gasteiger partial charge on any atom is 0.0904 e. The lowest BCUT2D eigenvalue weighted by atomic mass is 10.1. The van der Waals surface area contributed by atoms with Crippen LogP contribution in [-0.4, -0.2) is 44.8 Å². The Balaban J connectivity index is 2.06. The highest BCUT2D eigenvalue weighted by Crippen LogP contribution is 2.25. The Morgan fingerprint density at radius 2 is 2.53 bits per heavy atom. The first kappa shape index (κ1) is 11.1. The van der Waals surface area contributed by atoms with E-state index < -0.39 is 0 Å². The van der Waals surface area contributed by atoms with E-state index in [1.807, 2.05) is 7.05 Å². The van der Waals surface area contributed by atoms with Crippen molar-refractivity contribution in [1.29, 1.82) is 0 Å². The zero-order valence-corrected chi connectivity index (χ0v) is 10.1. The van der Waals surface area contributed by atoms with Crippen molar-refractivity contribution in [3.05, 3.63) is 22.4 Å². The van der Waals surface area contributed by atoms with Crippen LogP contribution in [0.3, 0.4) is 0 Å². The topological polar surface area (TPSA) is 24.5 Å². The molecule has 0 amide bonds. The Labute approximate surface area is 95.0 Å². The average Bonchev–Trinajstić information content (AvgIpc) is 2.72. The summed E-state index contributed by atoms with van der Waals surface area (Å²) in [5.41, 5.74) is 0. The van der Waals surface area contributed by atoms with E-state index >= 15 is 0 Å². The Morgan fingerprint density at radius 3 is 3.13 bits per heavy atom. The third-order valence-corrected chi connectivity index (χ3v) is 3.78. The summed E-state index contributed by atoms with van der Waals surface area (Å²) in [6.07, 6.45) is 0.271. The summed E-state index contributed by atoms with van der Waals surface area (Å²) in [6, 6.07) is 4.59. The minimum absolute atomic E-state index is 0.271. The van der Waals surface area contributed by atoms with Gasteiger partial charge in [0.15, 0.2) is 0 Å². The molecular formula is C11H18N2OS. The zero-order valence-electron chi connectivity index (χ0n) is 9.27. The molecule has 2 rings (SSSR count). The predicted octanol–water partition coefficient (Wildman–Crippen LogP) is 1.34. The lowest BCUT2D eigenvalue weighted by molar-refractivity contribution is -0.0374. The van der Waals surface area contributed by atoms with Gasteiger partial charge in [-0.2, -0.15) is 0 Å². The first-order chi connectivity index (χ1) is 7.31. The molecule has 2 unspecified atom stereocenters. The molecule has 1 fully saturated rings. The van der Waals surface area contributed by atoms with E-state index in [1.54, 1.807) is 11.3 Å². The molecule has 0 spiro atoms. The van der Waals surface area contributed by atoms with Gasteiger partial charge in [0.2, 0.25) is 0 Å². The van der Waals surface area contributed by atoms with E-state index in [0.717, 1.165) is 19.7 Å². The first-order valence-corrected chi connectivity index (χ1v) is 6.20. The molecular weight excluding hydrogens is 208 g/mol. The molecule has 2 atom stereocenters. The van der Waals surface area contributed by atoms with Crippen LogP contribution in [0.5, 0.6) is 0 Å². The molecule has 1 saturated heterocycles. The Bertz CT molecular complexity index is 289. The van der Waals surface area contributed by atoms with Crippen molar-refractivity contribution in [1.82, 2.24) is 10.2 Å². The van der Waals surface area contributed by atoms with Crippen molar-refractivity contribution in [3.63, 3.8) is 0 Å². The molecule has 1 aliphatic rings. The van der Waals surface area contributed by atoms with Gasteiger partial charge in [0, 0.05) is 18.0 Å². The second kappa shape index (κ2) is 5.07. The third kappa shape index (κ3) is 2.58. The largest absolute Gasteiger partial charge is 0.374 e. The Morgan fingerprint density at radius 1 is 1.67 bits per heavy atom. The van der Waals surface area contributed by atoms with E-state index in [9.17, 15) is 0 Å². The minimum atomic E-state index is 0.271. The van der Waals surface area contributed by atoms with Crippen LogP contribution < -0.4 is 5.32 Å². The van der Waals surface area contributed by atoms with Crippen molar-refractivity contribution in [2.24, 2.45) is 0 Å². The zero-order chi connectivity index (χ0) is 10.7. The number of nitrogens with one attached hydrogen (secondary N) is 1. The highest BCUT2D eigenvalue weighted by Gasteiger charge is 2.27. The van der Waals surface area contributed by atoms with Crippen LogP contribution in [0.1, 0.15) is 10.9 Å². The van der Waals surface area contributed by atoms with Gasteiger partial charge in [-0.15, -0.1) is 11.3 Å². The van der Waals surface area contributed by atoms with Gasteiger partial charge in [0.1, 0.15) is 0 Å². The second-order valence-electron chi connectivity index (χ2n) is 3.95. The monoisotopic (exact) mass is 226 g/mol. The fraction of sp³-hybridized carbons (Fsp3) is 0.636. The van der Waals surface area contributed by atoms with Crippen molar-refractivity contribution >= 4 is 11.3 Å². The smallest absolute Gasteiger partial charge is 0.0904 e. The lowest BCUT2D eigenvalue weighted by Gasteiger charge is -2.34. The molecule has 15 heavy (non-hydrogen) atoms. The number of rotatable bonds is 3. The maximum absolute atomic E-state index is 5.83. The SMILES string of the molecule is CNC(c1cccs1)C1CN(C)CCO1. The van der Waals surface area contributed by atoms with E-state index in [2.05, 4.69) is 34.8 Å². The summed E-state index contributed by atoms with van der Waals surface area (Å²) in [5, 5.41) is 5.47. The molecule has 0 bridgehead atoms. The molecule has 0 aromatic carbocycles. The molecule has 0 saturated carbocycles. The fourth-order valence-electron chi connectivity index (χ4n) is 1.99. The van der Waals surface area contributed by atoms with Gasteiger partial charge in [-0.3, -0.25) is 0 Å². The molecule has 1 aliphatic heterocycles. The molecule has 84 valence electrons. The van der Waals surface area contributed by atoms with Gasteiger partial charge in [0.25, 0.3) is 0 Å². The Hall–Kier alpha value is -0.420. The van der Waals surface area contributed by atoms with Crippen molar-refractivity contribution in [2.75, 3.05) is 33.8 Å². The average molecular weight is 226 g/mol. The van der Waals surface area contributed by atoms with E-state index in [0.29, 0.717) is 6.04 Å². The van der Waals surface area contributed by atoms with Gasteiger partial charge in [-0.25, -0.2) is 0 Å². The summed E-state index contributed by atoms with van der Waals surface area (Å²) < 4.78 is 5.83. The molecule has 0 radical (unpaired) electrons. The number of morpholine rings is 1. The van der Waals surface area contributed by atoms with Crippen molar-refractivity contribution in [2.45, 2.75) is 12.1 Å². The van der Waals surface area contributed by atoms with E-state index in [-0.39, 0.29) is 6.10 Å². The number of hydrogen-bond acceptors (Lipinski definition) is 4. The number of ether oxygens (including phenoxy) is 1. The van der Waals surface area contributed by atoms with Gasteiger partial charge in [-0.05, 0) is 25.5 Å². The molecule has 1 N–H and O–H groups in total. The van der Waals surface area contributed by atoms with E-state index in [4.69, 9.17) is 4.74 Å². The highest BCUT2D eigenvalue weighted by atomic mass is 32.1. The predicted molar refractivity (Wildman–Crippen MR) is 63.4 cm³/mol. The van der Waals surface area contributed by atoms with Crippen LogP contribution in [0.2, 0.25) is 0 Å². The van der Waals surface area contributed by atoms with Crippen LogP contribution >= 0.6 is 11.3 Å². The molecule has 0 aliphatic carbocycles. The summed E-state index contributed by atoms with van der Waals surface area (Å²) in [4.78, 5) is 3.68. The fourth-order valence-corrected chi connectivity index (χ4v) is 2.88. The molecule has 1 aromatic rings. The van der Waals surface area contributed by atoms with Crippen LogP contribution in [0, 0.1) is 0 Å². The van der Waals surface area contributed by atoms with Crippen molar-refractivity contribution < 1.29 is 4.74 Å². The molecule has 1 aromatic heterocycles. The highest BCUT2D eigenvalue weighted by molar-refractivity contribution is 7.10. The first-order valence-electron chi connectivity index (χ1n) is 5.32. The van der Waals surface area contributed by atoms with Crippen LogP contribution in [-0.2, 0) is 4.74 Å². The van der Waals surface area contributed by atoms with Gasteiger partial charge in [-0.1, -0.05) is 6.07 Å². The number of hydrogen-bond donors (Lipinski definition) is 1. The molecule has 2 heterocycles. The lowest BCUT2D eigenvalue weighted by Crippen LogP contribution is -2.45. The van der Waals surface area contributed by atoms with Gasteiger partial charge < -0.3 is 15.0 Å². The van der Waals surface area contributed by atoms with Gasteiger partial charge in [0.05, 0.1) is 18.8 Å². The maximum atomic E-state index is 5.83. The van der Waals surface area contributed by atoms with Crippen LogP contribution in [0.4, 0.5) is 0 Å². The number of nitrogens with zero attached hydrogens (tertiary/aromatic N) is 1. The van der Waals surface area contributed by atoms with Crippen molar-refractivity contribution in [3.8, 4) is 0 Å². The third-order valence-electron chi connectivity index (χ3n) is 2.83. The summed E-state index contributed by atoms with van der Waals surface area (Å²) in [5.74, 6) is 0. The normalized spacial score (nSPS) is 25.3. The van der Waals surface area contributed by atoms with Crippen LogP contribution in [0.15, 0.2) is 17.5 Å². The quantitative estimate of drug-likeness (QED) is 0.842. The molecule has 3 nitrogen and oxygen atoms in total. The van der Waals surface area contributed by atoms with Crippen LogP contribution in [0.25, 0.3) is 0 Å².